The minimum absolute atomic E-state index is 0.0789. The van der Waals surface area contributed by atoms with Crippen LogP contribution in [0.25, 0.3) is 0 Å². The van der Waals surface area contributed by atoms with Crippen LogP contribution in [-0.4, -0.2) is 31.8 Å². The topological polar surface area (TPSA) is 111 Å². The largest absolute Gasteiger partial charge is 0.300 e. The van der Waals surface area contributed by atoms with E-state index in [2.05, 4.69) is 20.5 Å². The molecule has 0 atom stereocenters. The zero-order chi connectivity index (χ0) is 15.2. The van der Waals surface area contributed by atoms with Crippen molar-refractivity contribution in [2.75, 3.05) is 11.1 Å². The fourth-order valence-corrected chi connectivity index (χ4v) is 2.65. The zero-order valence-corrected chi connectivity index (χ0v) is 12.6. The number of nitro groups is 1. The Labute approximate surface area is 128 Å². The average molecular weight is 325 g/mol. The summed E-state index contributed by atoms with van der Waals surface area (Å²) < 4.78 is 0. The van der Waals surface area contributed by atoms with Gasteiger partial charge in [-0.3, -0.25) is 20.2 Å². The monoisotopic (exact) mass is 325 g/mol. The molecule has 1 N–H and O–H groups in total. The number of nitrogens with zero attached hydrogens (tertiary/aromatic N) is 4. The molecule has 0 aliphatic heterocycles. The van der Waals surface area contributed by atoms with E-state index in [9.17, 15) is 14.9 Å². The summed E-state index contributed by atoms with van der Waals surface area (Å²) in [5, 5.41) is 22.8. The highest BCUT2D eigenvalue weighted by molar-refractivity contribution is 7.99. The first-order valence-electron chi connectivity index (χ1n) is 5.94. The first-order valence-corrected chi connectivity index (χ1v) is 7.74. The fourth-order valence-electron chi connectivity index (χ4n) is 1.31. The summed E-state index contributed by atoms with van der Waals surface area (Å²) in [4.78, 5) is 25.6. The number of pyridine rings is 1. The van der Waals surface area contributed by atoms with Crippen LogP contribution in [0.4, 0.5) is 10.8 Å². The average Bonchev–Trinajstić information content (AvgIpc) is 2.93. The maximum atomic E-state index is 11.7. The first-order chi connectivity index (χ1) is 10.1. The normalized spacial score (nSPS) is 10.3. The number of anilines is 1. The van der Waals surface area contributed by atoms with Crippen molar-refractivity contribution in [3.05, 3.63) is 33.5 Å². The summed E-state index contributed by atoms with van der Waals surface area (Å²) in [7, 11) is 0. The number of carbonyl (C=O) groups excluding carboxylic acids is 1. The SMILES string of the molecule is CCc1nnc(NC(=O)CSc2ccc([N+](=O)[O-])cn2)s1. The number of amides is 1. The van der Waals surface area contributed by atoms with Crippen LogP contribution in [0.15, 0.2) is 23.4 Å². The minimum atomic E-state index is -0.519. The number of aryl methyl sites for hydroxylation is 1. The van der Waals surface area contributed by atoms with Crippen molar-refractivity contribution in [1.29, 1.82) is 0 Å². The highest BCUT2D eigenvalue weighted by Gasteiger charge is 2.10. The van der Waals surface area contributed by atoms with Crippen molar-refractivity contribution in [1.82, 2.24) is 15.2 Å². The Morgan fingerprint density at radius 1 is 1.48 bits per heavy atom. The summed E-state index contributed by atoms with van der Waals surface area (Å²) in [6, 6.07) is 2.86. The number of thioether (sulfide) groups is 1. The molecule has 2 heterocycles. The van der Waals surface area contributed by atoms with Crippen LogP contribution in [-0.2, 0) is 11.2 Å². The molecule has 2 aromatic rings. The van der Waals surface area contributed by atoms with Crippen LogP contribution in [0.2, 0.25) is 0 Å². The van der Waals surface area contributed by atoms with Gasteiger partial charge in [0.15, 0.2) is 0 Å². The van der Waals surface area contributed by atoms with Gasteiger partial charge in [-0.05, 0) is 12.5 Å². The molecule has 0 fully saturated rings. The number of hydrogen-bond donors (Lipinski definition) is 1. The van der Waals surface area contributed by atoms with E-state index >= 15 is 0 Å². The molecule has 2 aromatic heterocycles. The number of rotatable bonds is 6. The highest BCUT2D eigenvalue weighted by atomic mass is 32.2. The lowest BCUT2D eigenvalue weighted by Gasteiger charge is -2.00. The van der Waals surface area contributed by atoms with E-state index in [1.807, 2.05) is 6.92 Å². The second-order valence-corrected chi connectivity index (χ2v) is 5.86. The van der Waals surface area contributed by atoms with Gasteiger partial charge in [0, 0.05) is 6.07 Å². The molecule has 21 heavy (non-hydrogen) atoms. The molecule has 0 aromatic carbocycles. The van der Waals surface area contributed by atoms with Gasteiger partial charge in [0.1, 0.15) is 11.2 Å². The summed E-state index contributed by atoms with van der Waals surface area (Å²) >= 11 is 2.53. The van der Waals surface area contributed by atoms with Crippen molar-refractivity contribution in [3.63, 3.8) is 0 Å². The van der Waals surface area contributed by atoms with Crippen LogP contribution in [0.3, 0.4) is 0 Å². The van der Waals surface area contributed by atoms with E-state index in [0.29, 0.717) is 10.2 Å². The van der Waals surface area contributed by atoms with Gasteiger partial charge in [0.25, 0.3) is 5.69 Å². The van der Waals surface area contributed by atoms with Crippen molar-refractivity contribution >= 4 is 39.8 Å². The van der Waals surface area contributed by atoms with Crippen molar-refractivity contribution < 1.29 is 9.72 Å². The van der Waals surface area contributed by atoms with E-state index in [4.69, 9.17) is 0 Å². The molecule has 2 rings (SSSR count). The molecule has 0 aliphatic carbocycles. The standard InChI is InChI=1S/C11H11N5O3S2/c1-2-9-14-15-11(21-9)13-8(17)6-20-10-4-3-7(5-12-10)16(18)19/h3-5H,2,6H2,1H3,(H,13,15,17). The Balaban J connectivity index is 1.84. The second-order valence-electron chi connectivity index (χ2n) is 3.80. The molecule has 0 saturated carbocycles. The summed E-state index contributed by atoms with van der Waals surface area (Å²) in [6.07, 6.45) is 1.94. The Morgan fingerprint density at radius 2 is 2.29 bits per heavy atom. The molecule has 0 unspecified atom stereocenters. The van der Waals surface area contributed by atoms with Gasteiger partial charge in [-0.1, -0.05) is 30.0 Å². The van der Waals surface area contributed by atoms with E-state index in [0.717, 1.165) is 11.4 Å². The van der Waals surface area contributed by atoms with E-state index in [1.165, 1.54) is 41.4 Å². The maximum absolute atomic E-state index is 11.7. The summed E-state index contributed by atoms with van der Waals surface area (Å²) in [5.41, 5.74) is -0.0789. The van der Waals surface area contributed by atoms with Crippen LogP contribution in [0.1, 0.15) is 11.9 Å². The molecule has 110 valence electrons. The van der Waals surface area contributed by atoms with Gasteiger partial charge in [0.2, 0.25) is 11.0 Å². The van der Waals surface area contributed by atoms with Gasteiger partial charge < -0.3 is 0 Å². The summed E-state index contributed by atoms with van der Waals surface area (Å²) in [6.45, 7) is 1.96. The number of hydrogen-bond acceptors (Lipinski definition) is 8. The minimum Gasteiger partial charge on any atom is -0.300 e. The van der Waals surface area contributed by atoms with Crippen molar-refractivity contribution in [2.24, 2.45) is 0 Å². The smallest absolute Gasteiger partial charge is 0.287 e. The lowest BCUT2D eigenvalue weighted by molar-refractivity contribution is -0.385. The third-order valence-electron chi connectivity index (χ3n) is 2.30. The predicted molar refractivity (Wildman–Crippen MR) is 79.5 cm³/mol. The Morgan fingerprint density at radius 3 is 2.86 bits per heavy atom. The molecule has 0 spiro atoms. The predicted octanol–water partition coefficient (Wildman–Crippen LogP) is 2.13. The van der Waals surface area contributed by atoms with Crippen LogP contribution >= 0.6 is 23.1 Å². The van der Waals surface area contributed by atoms with Crippen LogP contribution < -0.4 is 5.32 Å². The molecule has 0 aliphatic rings. The third kappa shape index (κ3) is 4.46. The van der Waals surface area contributed by atoms with Gasteiger partial charge in [-0.2, -0.15) is 0 Å². The van der Waals surface area contributed by atoms with Crippen LogP contribution in [0, 0.1) is 10.1 Å². The Bertz CT molecular complexity index is 644. The molecular formula is C11H11N5O3S2. The van der Waals surface area contributed by atoms with E-state index < -0.39 is 4.92 Å². The number of nitrogens with one attached hydrogen (secondary N) is 1. The zero-order valence-electron chi connectivity index (χ0n) is 11.0. The number of carbonyl (C=O) groups is 1. The molecule has 10 heteroatoms. The lowest BCUT2D eigenvalue weighted by atomic mass is 10.4. The van der Waals surface area contributed by atoms with Crippen LogP contribution in [0.5, 0.6) is 0 Å². The van der Waals surface area contributed by atoms with Crippen molar-refractivity contribution in [3.8, 4) is 0 Å². The van der Waals surface area contributed by atoms with E-state index in [1.54, 1.807) is 0 Å². The fraction of sp³-hybridized carbons (Fsp3) is 0.273. The maximum Gasteiger partial charge on any atom is 0.287 e. The molecule has 0 radical (unpaired) electrons. The van der Waals surface area contributed by atoms with Gasteiger partial charge in [0.05, 0.1) is 15.7 Å². The van der Waals surface area contributed by atoms with Crippen molar-refractivity contribution in [2.45, 2.75) is 18.4 Å². The molecule has 8 nitrogen and oxygen atoms in total. The third-order valence-corrected chi connectivity index (χ3v) is 4.23. The van der Waals surface area contributed by atoms with Gasteiger partial charge >= 0.3 is 0 Å². The second kappa shape index (κ2) is 7.09. The van der Waals surface area contributed by atoms with E-state index in [-0.39, 0.29) is 17.3 Å². The van der Waals surface area contributed by atoms with Gasteiger partial charge in [-0.25, -0.2) is 4.98 Å². The molecule has 0 bridgehead atoms. The first kappa shape index (κ1) is 15.3. The Kier molecular flexibility index (Phi) is 5.17. The Hall–Kier alpha value is -2.07. The number of aromatic nitrogens is 3. The highest BCUT2D eigenvalue weighted by Crippen LogP contribution is 2.19. The summed E-state index contributed by atoms with van der Waals surface area (Å²) in [5.74, 6) is -0.0785. The molecular weight excluding hydrogens is 314 g/mol. The quantitative estimate of drug-likeness (QED) is 0.492. The molecule has 1 amide bonds. The lowest BCUT2D eigenvalue weighted by Crippen LogP contribution is -2.13. The van der Waals surface area contributed by atoms with Gasteiger partial charge in [-0.15, -0.1) is 10.2 Å². The molecule has 0 saturated heterocycles.